The van der Waals surface area contributed by atoms with Crippen molar-refractivity contribution in [1.82, 2.24) is 4.57 Å². The molecule has 0 fully saturated rings. The third kappa shape index (κ3) is 1.89. The van der Waals surface area contributed by atoms with Crippen molar-refractivity contribution < 1.29 is 0 Å². The molecule has 0 bridgehead atoms. The Morgan fingerprint density at radius 2 is 2.11 bits per heavy atom. The van der Waals surface area contributed by atoms with E-state index in [0.717, 1.165) is 12.8 Å². The van der Waals surface area contributed by atoms with E-state index in [-0.39, 0.29) is 6.04 Å². The molecule has 2 aromatic rings. The quantitative estimate of drug-likeness (QED) is 0.779. The number of para-hydroxylation sites is 1. The molecule has 0 aliphatic heterocycles. The molecule has 1 unspecified atom stereocenters. The molecule has 1 heterocycles. The SMILES string of the molecule is Cc1cc2c(n1-c1ccccc1I)CCCC2N. The molecule has 18 heavy (non-hydrogen) atoms. The number of rotatable bonds is 1. The highest BCUT2D eigenvalue weighted by Crippen LogP contribution is 2.33. The molecule has 1 aromatic heterocycles. The van der Waals surface area contributed by atoms with E-state index >= 15 is 0 Å². The average Bonchev–Trinajstić information content (AvgIpc) is 2.68. The van der Waals surface area contributed by atoms with Gasteiger partial charge in [-0.2, -0.15) is 0 Å². The van der Waals surface area contributed by atoms with Gasteiger partial charge in [0.2, 0.25) is 0 Å². The number of benzene rings is 1. The number of nitrogens with zero attached hydrogens (tertiary/aromatic N) is 1. The molecule has 1 aromatic carbocycles. The summed E-state index contributed by atoms with van der Waals surface area (Å²) in [5, 5.41) is 0. The first-order chi connectivity index (χ1) is 8.68. The molecule has 1 atom stereocenters. The Hall–Kier alpha value is -0.810. The average molecular weight is 352 g/mol. The molecule has 0 amide bonds. The van der Waals surface area contributed by atoms with Crippen molar-refractivity contribution >= 4 is 22.6 Å². The van der Waals surface area contributed by atoms with Crippen LogP contribution in [0.1, 0.15) is 35.8 Å². The summed E-state index contributed by atoms with van der Waals surface area (Å²) in [5.74, 6) is 0. The summed E-state index contributed by atoms with van der Waals surface area (Å²) in [5.41, 5.74) is 11.6. The molecule has 0 radical (unpaired) electrons. The van der Waals surface area contributed by atoms with Gasteiger partial charge in [-0.15, -0.1) is 0 Å². The molecule has 0 saturated carbocycles. The fourth-order valence-corrected chi connectivity index (χ4v) is 3.53. The molecular formula is C15H17IN2. The molecule has 2 nitrogen and oxygen atoms in total. The molecule has 0 saturated heterocycles. The maximum Gasteiger partial charge on any atom is 0.0588 e. The number of hydrogen-bond donors (Lipinski definition) is 1. The van der Waals surface area contributed by atoms with Crippen LogP contribution in [0.2, 0.25) is 0 Å². The Morgan fingerprint density at radius 3 is 2.89 bits per heavy atom. The second kappa shape index (κ2) is 4.70. The van der Waals surface area contributed by atoms with Crippen LogP contribution in [0, 0.1) is 10.5 Å². The van der Waals surface area contributed by atoms with E-state index in [9.17, 15) is 0 Å². The lowest BCUT2D eigenvalue weighted by Crippen LogP contribution is -2.18. The van der Waals surface area contributed by atoms with Gasteiger partial charge in [-0.3, -0.25) is 0 Å². The third-order valence-electron chi connectivity index (χ3n) is 3.74. The first kappa shape index (κ1) is 12.2. The normalized spacial score (nSPS) is 18.7. The van der Waals surface area contributed by atoms with E-state index in [1.807, 2.05) is 0 Å². The van der Waals surface area contributed by atoms with Crippen LogP contribution >= 0.6 is 22.6 Å². The van der Waals surface area contributed by atoms with Crippen LogP contribution in [0.15, 0.2) is 30.3 Å². The van der Waals surface area contributed by atoms with Crippen LogP contribution in [0.4, 0.5) is 0 Å². The number of hydrogen-bond acceptors (Lipinski definition) is 1. The molecule has 0 spiro atoms. The number of halogens is 1. The van der Waals surface area contributed by atoms with Crippen molar-refractivity contribution in [2.75, 3.05) is 0 Å². The smallest absolute Gasteiger partial charge is 0.0588 e. The van der Waals surface area contributed by atoms with Gasteiger partial charge in [-0.1, -0.05) is 12.1 Å². The lowest BCUT2D eigenvalue weighted by molar-refractivity contribution is 0.560. The van der Waals surface area contributed by atoms with Crippen molar-refractivity contribution in [1.29, 1.82) is 0 Å². The maximum absolute atomic E-state index is 6.23. The van der Waals surface area contributed by atoms with E-state index in [0.29, 0.717) is 0 Å². The third-order valence-corrected chi connectivity index (χ3v) is 4.65. The fourth-order valence-electron chi connectivity index (χ4n) is 2.91. The topological polar surface area (TPSA) is 30.9 Å². The lowest BCUT2D eigenvalue weighted by Gasteiger charge is -2.21. The van der Waals surface area contributed by atoms with Crippen LogP contribution in [-0.4, -0.2) is 4.57 Å². The van der Waals surface area contributed by atoms with Crippen LogP contribution in [0.5, 0.6) is 0 Å². The van der Waals surface area contributed by atoms with Gasteiger partial charge in [0, 0.05) is 21.0 Å². The van der Waals surface area contributed by atoms with Gasteiger partial charge in [0.05, 0.1) is 5.69 Å². The van der Waals surface area contributed by atoms with E-state index in [4.69, 9.17) is 5.73 Å². The predicted molar refractivity (Wildman–Crippen MR) is 83.1 cm³/mol. The minimum atomic E-state index is 0.218. The van der Waals surface area contributed by atoms with Gasteiger partial charge in [-0.25, -0.2) is 0 Å². The fraction of sp³-hybridized carbons (Fsp3) is 0.333. The standard InChI is InChI=1S/C15H17IN2/c1-10-9-11-13(17)6-4-8-14(11)18(10)15-7-3-2-5-12(15)16/h2-3,5,7,9,13H,4,6,8,17H2,1H3. The molecular weight excluding hydrogens is 335 g/mol. The number of aryl methyl sites for hydroxylation is 1. The molecule has 1 aliphatic carbocycles. The van der Waals surface area contributed by atoms with E-state index in [1.165, 1.54) is 32.6 Å². The summed E-state index contributed by atoms with van der Waals surface area (Å²) < 4.78 is 3.67. The van der Waals surface area contributed by atoms with Gasteiger partial charge in [-0.05, 0) is 72.5 Å². The summed E-state index contributed by atoms with van der Waals surface area (Å²) in [6, 6.07) is 11.0. The van der Waals surface area contributed by atoms with Crippen molar-refractivity contribution in [3.05, 3.63) is 50.9 Å². The molecule has 1 aliphatic rings. The van der Waals surface area contributed by atoms with Gasteiger partial charge < -0.3 is 10.3 Å². The lowest BCUT2D eigenvalue weighted by atomic mass is 9.93. The van der Waals surface area contributed by atoms with E-state index in [1.54, 1.807) is 0 Å². The monoisotopic (exact) mass is 352 g/mol. The zero-order valence-corrected chi connectivity index (χ0v) is 12.6. The van der Waals surface area contributed by atoms with Crippen molar-refractivity contribution in [2.45, 2.75) is 32.2 Å². The summed E-state index contributed by atoms with van der Waals surface area (Å²) in [4.78, 5) is 0. The minimum absolute atomic E-state index is 0.218. The minimum Gasteiger partial charge on any atom is -0.324 e. The van der Waals surface area contributed by atoms with Gasteiger partial charge >= 0.3 is 0 Å². The predicted octanol–water partition coefficient (Wildman–Crippen LogP) is 3.73. The summed E-state index contributed by atoms with van der Waals surface area (Å²) in [6.07, 6.45) is 3.45. The number of aromatic nitrogens is 1. The van der Waals surface area contributed by atoms with Crippen LogP contribution in [-0.2, 0) is 6.42 Å². The second-order valence-electron chi connectivity index (χ2n) is 4.97. The zero-order valence-electron chi connectivity index (χ0n) is 10.5. The molecule has 3 rings (SSSR count). The maximum atomic E-state index is 6.23. The highest BCUT2D eigenvalue weighted by Gasteiger charge is 2.23. The molecule has 3 heteroatoms. The Bertz CT molecular complexity index is 586. The number of fused-ring (bicyclic) bond motifs is 1. The molecule has 94 valence electrons. The van der Waals surface area contributed by atoms with Crippen molar-refractivity contribution in [3.8, 4) is 5.69 Å². The van der Waals surface area contributed by atoms with Crippen LogP contribution in [0.3, 0.4) is 0 Å². The van der Waals surface area contributed by atoms with Crippen LogP contribution in [0.25, 0.3) is 5.69 Å². The zero-order chi connectivity index (χ0) is 12.7. The largest absolute Gasteiger partial charge is 0.324 e. The Morgan fingerprint density at radius 1 is 1.33 bits per heavy atom. The van der Waals surface area contributed by atoms with E-state index in [2.05, 4.69) is 64.4 Å². The Balaban J connectivity index is 2.22. The molecule has 2 N–H and O–H groups in total. The second-order valence-corrected chi connectivity index (χ2v) is 6.14. The van der Waals surface area contributed by atoms with Crippen molar-refractivity contribution in [2.24, 2.45) is 5.73 Å². The Kier molecular flexibility index (Phi) is 3.20. The van der Waals surface area contributed by atoms with Gasteiger partial charge in [0.15, 0.2) is 0 Å². The summed E-state index contributed by atoms with van der Waals surface area (Å²) in [7, 11) is 0. The number of nitrogens with two attached hydrogens (primary N) is 1. The van der Waals surface area contributed by atoms with Crippen molar-refractivity contribution in [3.63, 3.8) is 0 Å². The highest BCUT2D eigenvalue weighted by molar-refractivity contribution is 14.1. The highest BCUT2D eigenvalue weighted by atomic mass is 127. The Labute approximate surface area is 121 Å². The first-order valence-corrected chi connectivity index (χ1v) is 7.48. The van der Waals surface area contributed by atoms with Gasteiger partial charge in [0.1, 0.15) is 0 Å². The summed E-state index contributed by atoms with van der Waals surface area (Å²) >= 11 is 2.41. The van der Waals surface area contributed by atoms with E-state index < -0.39 is 0 Å². The van der Waals surface area contributed by atoms with Gasteiger partial charge in [0.25, 0.3) is 0 Å². The first-order valence-electron chi connectivity index (χ1n) is 6.40. The van der Waals surface area contributed by atoms with Crippen LogP contribution < -0.4 is 5.73 Å². The summed E-state index contributed by atoms with van der Waals surface area (Å²) in [6.45, 7) is 2.17.